The number of carbonyl (C=O) groups excluding carboxylic acids is 3. The Kier molecular flexibility index (Phi) is 4.63. The van der Waals surface area contributed by atoms with Crippen LogP contribution in [0.15, 0.2) is 22.7 Å². The number of nitrogens with zero attached hydrogens (tertiary/aromatic N) is 1. The molecule has 1 aromatic rings. The summed E-state index contributed by atoms with van der Waals surface area (Å²) in [4.78, 5) is 39.0. The summed E-state index contributed by atoms with van der Waals surface area (Å²) in [7, 11) is 0. The molecule has 1 N–H and O–H groups in total. The molecule has 138 valence electrons. The Labute approximate surface area is 161 Å². The van der Waals surface area contributed by atoms with E-state index in [1.165, 1.54) is 4.90 Å². The maximum Gasteiger partial charge on any atom is 0.233 e. The molecule has 2 aliphatic carbocycles. The number of fused-ring (bicyclic) bond motifs is 5. The number of aryl methyl sites for hydroxylation is 1. The van der Waals surface area contributed by atoms with Crippen molar-refractivity contribution in [1.29, 1.82) is 0 Å². The molecule has 1 heterocycles. The highest BCUT2D eigenvalue weighted by Crippen LogP contribution is 2.56. The number of hydrogen-bond acceptors (Lipinski definition) is 3. The van der Waals surface area contributed by atoms with Crippen LogP contribution in [0.4, 0.5) is 5.69 Å². The highest BCUT2D eigenvalue weighted by atomic mass is 79.9. The third-order valence-electron chi connectivity index (χ3n) is 6.30. The fourth-order valence-electron chi connectivity index (χ4n) is 5.09. The van der Waals surface area contributed by atoms with Crippen molar-refractivity contribution in [2.45, 2.75) is 39.0 Å². The summed E-state index contributed by atoms with van der Waals surface area (Å²) in [6.07, 6.45) is 4.13. The molecule has 3 aliphatic rings. The van der Waals surface area contributed by atoms with Gasteiger partial charge >= 0.3 is 0 Å². The zero-order chi connectivity index (χ0) is 18.4. The summed E-state index contributed by atoms with van der Waals surface area (Å²) in [6, 6.07) is 5.74. The summed E-state index contributed by atoms with van der Waals surface area (Å²) in [6.45, 7) is 2.22. The van der Waals surface area contributed by atoms with E-state index in [2.05, 4.69) is 21.2 Å². The number of nitrogens with one attached hydrogen (secondary N) is 1. The molecule has 0 spiro atoms. The van der Waals surface area contributed by atoms with Gasteiger partial charge in [0.15, 0.2) is 0 Å². The number of benzene rings is 1. The van der Waals surface area contributed by atoms with Crippen LogP contribution in [0.1, 0.15) is 38.2 Å². The summed E-state index contributed by atoms with van der Waals surface area (Å²) >= 11 is 3.44. The molecule has 0 aromatic heterocycles. The first-order valence-corrected chi connectivity index (χ1v) is 10.2. The molecule has 5 nitrogen and oxygen atoms in total. The lowest BCUT2D eigenvalue weighted by Gasteiger charge is -2.19. The number of halogens is 1. The molecule has 2 saturated carbocycles. The predicted molar refractivity (Wildman–Crippen MR) is 101 cm³/mol. The van der Waals surface area contributed by atoms with Crippen LogP contribution in [-0.4, -0.2) is 29.2 Å². The molecule has 3 amide bonds. The van der Waals surface area contributed by atoms with Gasteiger partial charge in [0.2, 0.25) is 17.7 Å². The minimum Gasteiger partial charge on any atom is -0.326 e. The van der Waals surface area contributed by atoms with E-state index in [1.54, 1.807) is 0 Å². The molecule has 4 atom stereocenters. The van der Waals surface area contributed by atoms with Crippen LogP contribution in [0.5, 0.6) is 0 Å². The third-order valence-corrected chi connectivity index (χ3v) is 6.80. The molecule has 1 aliphatic heterocycles. The topological polar surface area (TPSA) is 66.5 Å². The van der Waals surface area contributed by atoms with Crippen LogP contribution in [0.25, 0.3) is 0 Å². The molecule has 6 heteroatoms. The molecular weight excluding hydrogens is 396 g/mol. The van der Waals surface area contributed by atoms with Gasteiger partial charge in [-0.15, -0.1) is 0 Å². The fraction of sp³-hybridized carbons (Fsp3) is 0.550. The quantitative estimate of drug-likeness (QED) is 0.745. The van der Waals surface area contributed by atoms with Crippen LogP contribution in [0.2, 0.25) is 0 Å². The lowest BCUT2D eigenvalue weighted by atomic mass is 9.81. The van der Waals surface area contributed by atoms with Crippen molar-refractivity contribution in [2.24, 2.45) is 23.7 Å². The zero-order valence-corrected chi connectivity index (χ0v) is 16.4. The van der Waals surface area contributed by atoms with Gasteiger partial charge in [0.25, 0.3) is 0 Å². The van der Waals surface area contributed by atoms with Gasteiger partial charge in [-0.25, -0.2) is 0 Å². The third kappa shape index (κ3) is 2.88. The van der Waals surface area contributed by atoms with Crippen molar-refractivity contribution in [3.63, 3.8) is 0 Å². The number of anilines is 1. The molecule has 26 heavy (non-hydrogen) atoms. The Hall–Kier alpha value is -1.69. The number of likely N-dealkylation sites (tertiary alicyclic amines) is 1. The maximum atomic E-state index is 12.7. The smallest absolute Gasteiger partial charge is 0.233 e. The average Bonchev–Trinajstić information content (AvgIpc) is 3.29. The van der Waals surface area contributed by atoms with Crippen LogP contribution in [0, 0.1) is 23.7 Å². The van der Waals surface area contributed by atoms with Crippen molar-refractivity contribution < 1.29 is 14.4 Å². The second-order valence-electron chi connectivity index (χ2n) is 7.67. The van der Waals surface area contributed by atoms with E-state index in [9.17, 15) is 14.4 Å². The first kappa shape index (κ1) is 17.7. The van der Waals surface area contributed by atoms with Crippen molar-refractivity contribution in [3.05, 3.63) is 28.2 Å². The zero-order valence-electron chi connectivity index (χ0n) is 14.8. The number of rotatable bonds is 5. The predicted octanol–water partition coefficient (Wildman–Crippen LogP) is 3.37. The van der Waals surface area contributed by atoms with Gasteiger partial charge in [-0.3, -0.25) is 19.3 Å². The Bertz CT molecular complexity index is 750. The van der Waals surface area contributed by atoms with Crippen LogP contribution < -0.4 is 5.32 Å². The number of hydrogen-bond donors (Lipinski definition) is 1. The summed E-state index contributed by atoms with van der Waals surface area (Å²) in [5.41, 5.74) is 1.84. The molecule has 1 aromatic carbocycles. The van der Waals surface area contributed by atoms with Crippen molar-refractivity contribution >= 4 is 39.3 Å². The largest absolute Gasteiger partial charge is 0.326 e. The van der Waals surface area contributed by atoms with E-state index in [-0.39, 0.29) is 42.5 Å². The van der Waals surface area contributed by atoms with E-state index in [1.807, 2.05) is 25.1 Å². The number of amides is 3. The minimum atomic E-state index is -0.164. The first-order valence-electron chi connectivity index (χ1n) is 9.43. The Morgan fingerprint density at radius 3 is 2.46 bits per heavy atom. The number of imide groups is 1. The Morgan fingerprint density at radius 1 is 1.19 bits per heavy atom. The molecule has 0 unspecified atom stereocenters. The minimum absolute atomic E-state index is 0.0436. The van der Waals surface area contributed by atoms with Gasteiger partial charge in [0, 0.05) is 23.1 Å². The van der Waals surface area contributed by atoms with Crippen LogP contribution >= 0.6 is 15.9 Å². The average molecular weight is 419 g/mol. The van der Waals surface area contributed by atoms with E-state index in [0.717, 1.165) is 41.4 Å². The highest BCUT2D eigenvalue weighted by molar-refractivity contribution is 9.10. The molecule has 2 bridgehead atoms. The molecule has 3 fully saturated rings. The number of carbonyl (C=O) groups is 3. The second-order valence-corrected chi connectivity index (χ2v) is 8.58. The lowest BCUT2D eigenvalue weighted by Crippen LogP contribution is -2.35. The Balaban J connectivity index is 1.38. The monoisotopic (exact) mass is 418 g/mol. The van der Waals surface area contributed by atoms with Crippen molar-refractivity contribution in [1.82, 2.24) is 4.90 Å². The maximum absolute atomic E-state index is 12.7. The van der Waals surface area contributed by atoms with Gasteiger partial charge < -0.3 is 5.32 Å². The van der Waals surface area contributed by atoms with Gasteiger partial charge in [0.05, 0.1) is 11.8 Å². The van der Waals surface area contributed by atoms with Crippen LogP contribution in [0.3, 0.4) is 0 Å². The van der Waals surface area contributed by atoms with E-state index < -0.39 is 0 Å². The molecule has 4 rings (SSSR count). The van der Waals surface area contributed by atoms with E-state index in [0.29, 0.717) is 11.8 Å². The summed E-state index contributed by atoms with van der Waals surface area (Å²) < 4.78 is 0.974. The van der Waals surface area contributed by atoms with Gasteiger partial charge in [-0.1, -0.05) is 22.9 Å². The van der Waals surface area contributed by atoms with E-state index in [4.69, 9.17) is 0 Å². The van der Waals surface area contributed by atoms with Gasteiger partial charge in [-0.05, 0) is 61.3 Å². The normalized spacial score (nSPS) is 29.4. The summed E-state index contributed by atoms with van der Waals surface area (Å²) in [5.74, 6) is 0.300. The van der Waals surface area contributed by atoms with Gasteiger partial charge in [0.1, 0.15) is 0 Å². The fourth-order valence-corrected chi connectivity index (χ4v) is 5.50. The standard InChI is InChI=1S/C20H23BrN2O3/c1-2-11-10-14(21)5-6-15(11)22-16(24)7-8-23-19(25)17-12-3-4-13(9-12)18(17)20(23)26/h5-6,10,12-13,17-18H,2-4,7-9H2,1H3,(H,22,24)/t12-,13-,17+,18+/m1/s1. The van der Waals surface area contributed by atoms with Crippen molar-refractivity contribution in [2.75, 3.05) is 11.9 Å². The summed E-state index contributed by atoms with van der Waals surface area (Å²) in [5, 5.41) is 2.91. The highest BCUT2D eigenvalue weighted by Gasteiger charge is 2.60. The SMILES string of the molecule is CCc1cc(Br)ccc1NC(=O)CCN1C(=O)[C@H]2[C@@H]3CC[C@H](C3)[C@@H]2C1=O. The first-order chi connectivity index (χ1) is 12.5. The second kappa shape index (κ2) is 6.80. The van der Waals surface area contributed by atoms with E-state index >= 15 is 0 Å². The van der Waals surface area contributed by atoms with Crippen LogP contribution in [-0.2, 0) is 20.8 Å². The molecule has 1 saturated heterocycles. The van der Waals surface area contributed by atoms with Crippen molar-refractivity contribution in [3.8, 4) is 0 Å². The van der Waals surface area contributed by atoms with Gasteiger partial charge in [-0.2, -0.15) is 0 Å². The molecule has 0 radical (unpaired) electrons. The molecular formula is C20H23BrN2O3. The Morgan fingerprint density at radius 2 is 1.85 bits per heavy atom. The lowest BCUT2D eigenvalue weighted by molar-refractivity contribution is -0.140.